The van der Waals surface area contributed by atoms with Gasteiger partial charge in [0.25, 0.3) is 0 Å². The number of rotatable bonds is 7. The van der Waals surface area contributed by atoms with Crippen LogP contribution in [-0.2, 0) is 20.0 Å². The number of nitrogens with one attached hydrogen (secondary N) is 2. The lowest BCUT2D eigenvalue weighted by molar-refractivity contribution is 0.581. The van der Waals surface area contributed by atoms with Crippen LogP contribution in [-0.4, -0.2) is 43.7 Å². The molecule has 0 saturated heterocycles. The molecule has 0 saturated carbocycles. The van der Waals surface area contributed by atoms with Crippen molar-refractivity contribution in [1.29, 1.82) is 0 Å². The fourth-order valence-electron chi connectivity index (χ4n) is 2.12. The summed E-state index contributed by atoms with van der Waals surface area (Å²) in [6, 6.07) is 7.80. The molecule has 11 heteroatoms. The van der Waals surface area contributed by atoms with E-state index in [1.54, 1.807) is 35.1 Å². The van der Waals surface area contributed by atoms with Crippen LogP contribution in [0.4, 0.5) is 5.69 Å². The Morgan fingerprint density at radius 3 is 2.68 bits per heavy atom. The molecular weight excluding hydrogens is 366 g/mol. The van der Waals surface area contributed by atoms with Crippen molar-refractivity contribution in [3.05, 3.63) is 55.1 Å². The van der Waals surface area contributed by atoms with Gasteiger partial charge in [-0.1, -0.05) is 0 Å². The number of pyridine rings is 2. The Bertz CT molecular complexity index is 1080. The predicted octanol–water partition coefficient (Wildman–Crippen LogP) is 0.449. The Morgan fingerprint density at radius 1 is 1.08 bits per heavy atom. The largest absolute Gasteiger partial charge is 0.283 e. The van der Waals surface area contributed by atoms with Crippen LogP contribution in [0.15, 0.2) is 60.0 Å². The summed E-state index contributed by atoms with van der Waals surface area (Å²) in [7, 11) is -7.51. The van der Waals surface area contributed by atoms with Gasteiger partial charge in [-0.05, 0) is 30.3 Å². The third-order valence-corrected chi connectivity index (χ3v) is 6.02. The lowest BCUT2D eigenvalue weighted by Crippen LogP contribution is -2.31. The van der Waals surface area contributed by atoms with Gasteiger partial charge in [0.15, 0.2) is 0 Å². The van der Waals surface area contributed by atoms with Gasteiger partial charge in [-0.25, -0.2) is 26.1 Å². The summed E-state index contributed by atoms with van der Waals surface area (Å²) >= 11 is 0. The summed E-state index contributed by atoms with van der Waals surface area (Å²) in [5, 5.41) is 4.02. The van der Waals surface area contributed by atoms with E-state index in [1.807, 2.05) is 0 Å². The van der Waals surface area contributed by atoms with Gasteiger partial charge in [0.2, 0.25) is 20.0 Å². The molecular formula is C14H15N5O4S2. The molecule has 0 bridgehead atoms. The van der Waals surface area contributed by atoms with Gasteiger partial charge in [0.05, 0.1) is 17.0 Å². The van der Waals surface area contributed by atoms with Crippen LogP contribution >= 0.6 is 0 Å². The zero-order valence-electron chi connectivity index (χ0n) is 12.9. The number of nitrogens with zero attached hydrogens (tertiary/aromatic N) is 3. The molecule has 3 rings (SSSR count). The summed E-state index contributed by atoms with van der Waals surface area (Å²) in [5.74, 6) is -0.406. The molecule has 0 fully saturated rings. The van der Waals surface area contributed by atoms with Crippen molar-refractivity contribution in [2.24, 2.45) is 0 Å². The molecule has 25 heavy (non-hydrogen) atoms. The molecule has 0 aliphatic rings. The van der Waals surface area contributed by atoms with Gasteiger partial charge >= 0.3 is 0 Å². The minimum absolute atomic E-state index is 0.0217. The minimum Gasteiger partial charge on any atom is -0.283 e. The molecule has 3 aromatic rings. The maximum atomic E-state index is 12.1. The van der Waals surface area contributed by atoms with E-state index < -0.39 is 25.8 Å². The van der Waals surface area contributed by atoms with E-state index in [9.17, 15) is 16.8 Å². The van der Waals surface area contributed by atoms with Crippen LogP contribution in [0.5, 0.6) is 0 Å². The van der Waals surface area contributed by atoms with Gasteiger partial charge in [0.1, 0.15) is 4.90 Å². The van der Waals surface area contributed by atoms with Crippen LogP contribution in [0.2, 0.25) is 0 Å². The third-order valence-electron chi connectivity index (χ3n) is 3.28. The molecule has 0 atom stereocenters. The highest BCUT2D eigenvalue weighted by Crippen LogP contribution is 2.13. The van der Waals surface area contributed by atoms with Crippen LogP contribution in [0.1, 0.15) is 0 Å². The van der Waals surface area contributed by atoms with E-state index >= 15 is 0 Å². The highest BCUT2D eigenvalue weighted by atomic mass is 32.2. The van der Waals surface area contributed by atoms with Crippen LogP contribution in [0, 0.1) is 0 Å². The maximum Gasteiger partial charge on any atom is 0.242 e. The second-order valence-electron chi connectivity index (χ2n) is 5.12. The number of anilines is 1. The van der Waals surface area contributed by atoms with Crippen LogP contribution in [0.25, 0.3) is 5.52 Å². The highest BCUT2D eigenvalue weighted by molar-refractivity contribution is 7.92. The molecule has 0 aliphatic carbocycles. The van der Waals surface area contributed by atoms with E-state index in [0.29, 0.717) is 5.69 Å². The van der Waals surface area contributed by atoms with Crippen molar-refractivity contribution in [2.75, 3.05) is 17.0 Å². The van der Waals surface area contributed by atoms with Gasteiger partial charge in [-0.2, -0.15) is 5.10 Å². The molecule has 2 N–H and O–H groups in total. The fraction of sp³-hybridized carbons (Fsp3) is 0.143. The average molecular weight is 381 g/mol. The second kappa shape index (κ2) is 6.78. The lowest BCUT2D eigenvalue weighted by atomic mass is 10.4. The zero-order valence-corrected chi connectivity index (χ0v) is 14.5. The fourth-order valence-corrected chi connectivity index (χ4v) is 4.20. The molecule has 3 heterocycles. The first kappa shape index (κ1) is 17.3. The van der Waals surface area contributed by atoms with Crippen LogP contribution < -0.4 is 9.44 Å². The molecule has 3 aromatic heterocycles. The summed E-state index contributed by atoms with van der Waals surface area (Å²) in [5.41, 5.74) is 1.11. The SMILES string of the molecule is O=S(=O)(CCNS(=O)(=O)c1cccnc1)Nc1ccn2nccc2c1. The van der Waals surface area contributed by atoms with Crippen molar-refractivity contribution in [1.82, 2.24) is 19.3 Å². The second-order valence-corrected chi connectivity index (χ2v) is 8.73. The minimum atomic E-state index is -3.79. The van der Waals surface area contributed by atoms with E-state index in [0.717, 1.165) is 5.52 Å². The summed E-state index contributed by atoms with van der Waals surface area (Å²) in [4.78, 5) is 3.71. The normalized spacial score (nSPS) is 12.3. The quantitative estimate of drug-likeness (QED) is 0.613. The Hall–Kier alpha value is -2.50. The first-order valence-corrected chi connectivity index (χ1v) is 10.3. The summed E-state index contributed by atoms with van der Waals surface area (Å²) < 4.78 is 54.5. The van der Waals surface area contributed by atoms with E-state index in [1.165, 1.54) is 24.5 Å². The van der Waals surface area contributed by atoms with E-state index in [4.69, 9.17) is 0 Å². The number of aromatic nitrogens is 3. The van der Waals surface area contributed by atoms with E-state index in [-0.39, 0.29) is 11.4 Å². The van der Waals surface area contributed by atoms with Gasteiger partial charge in [-0.3, -0.25) is 9.71 Å². The Kier molecular flexibility index (Phi) is 4.70. The van der Waals surface area contributed by atoms with Crippen molar-refractivity contribution in [3.63, 3.8) is 0 Å². The van der Waals surface area contributed by atoms with Crippen molar-refractivity contribution in [3.8, 4) is 0 Å². The summed E-state index contributed by atoms with van der Waals surface area (Å²) in [6.07, 6.45) is 5.86. The monoisotopic (exact) mass is 381 g/mol. The molecule has 0 aliphatic heterocycles. The number of fused-ring (bicyclic) bond motifs is 1. The maximum absolute atomic E-state index is 12.1. The molecule has 0 spiro atoms. The van der Waals surface area contributed by atoms with E-state index in [2.05, 4.69) is 19.5 Å². The third kappa shape index (κ3) is 4.32. The predicted molar refractivity (Wildman–Crippen MR) is 92.0 cm³/mol. The number of sulfonamides is 2. The van der Waals surface area contributed by atoms with Crippen molar-refractivity contribution in [2.45, 2.75) is 4.90 Å². The number of hydrogen-bond donors (Lipinski definition) is 2. The van der Waals surface area contributed by atoms with Gasteiger partial charge in [-0.15, -0.1) is 0 Å². The molecule has 0 unspecified atom stereocenters. The smallest absolute Gasteiger partial charge is 0.242 e. The highest BCUT2D eigenvalue weighted by Gasteiger charge is 2.16. The van der Waals surface area contributed by atoms with Gasteiger partial charge in [0, 0.05) is 31.3 Å². The van der Waals surface area contributed by atoms with Crippen LogP contribution in [0.3, 0.4) is 0 Å². The Balaban J connectivity index is 1.62. The molecule has 0 amide bonds. The molecule has 0 radical (unpaired) electrons. The van der Waals surface area contributed by atoms with Gasteiger partial charge < -0.3 is 0 Å². The zero-order chi connectivity index (χ0) is 17.9. The first-order valence-electron chi connectivity index (χ1n) is 7.19. The Labute approximate surface area is 144 Å². The lowest BCUT2D eigenvalue weighted by Gasteiger charge is -2.09. The Morgan fingerprint density at radius 2 is 1.92 bits per heavy atom. The average Bonchev–Trinajstić information content (AvgIpc) is 3.02. The van der Waals surface area contributed by atoms with Crippen molar-refractivity contribution >= 4 is 31.3 Å². The molecule has 0 aromatic carbocycles. The summed E-state index contributed by atoms with van der Waals surface area (Å²) in [6.45, 7) is -0.262. The topological polar surface area (TPSA) is 123 Å². The standard InChI is InChI=1S/C14H15N5O4S2/c20-24(21,18-12-4-8-19-13(10-12)3-6-16-19)9-7-17-25(22,23)14-2-1-5-15-11-14/h1-6,8,10-11,17-18H,7,9H2. The van der Waals surface area contributed by atoms with Crippen molar-refractivity contribution < 1.29 is 16.8 Å². The number of hydrogen-bond acceptors (Lipinski definition) is 6. The first-order chi connectivity index (χ1) is 11.9. The molecule has 9 nitrogen and oxygen atoms in total. The molecule has 132 valence electrons.